The zero-order valence-electron chi connectivity index (χ0n) is 12.8. The molecule has 0 aliphatic heterocycles. The molecule has 0 heterocycles. The van der Waals surface area contributed by atoms with E-state index in [1.165, 1.54) is 0 Å². The van der Waals surface area contributed by atoms with E-state index in [4.69, 9.17) is 14.3 Å². The molecule has 0 bridgehead atoms. The van der Waals surface area contributed by atoms with Crippen LogP contribution in [0, 0.1) is 0 Å². The van der Waals surface area contributed by atoms with Crippen molar-refractivity contribution in [3.63, 3.8) is 0 Å². The van der Waals surface area contributed by atoms with Crippen molar-refractivity contribution in [1.29, 1.82) is 0 Å². The molecule has 1 aromatic carbocycles. The SMILES string of the molecule is CC/C=N/OCC(C)Oc1ccc(OC(C)CC)cc1. The lowest BCUT2D eigenvalue weighted by atomic mass is 10.3. The highest BCUT2D eigenvalue weighted by molar-refractivity contribution is 5.55. The normalized spacial score (nSPS) is 14.0. The van der Waals surface area contributed by atoms with Crippen LogP contribution >= 0.6 is 0 Å². The van der Waals surface area contributed by atoms with Crippen molar-refractivity contribution < 1.29 is 14.3 Å². The molecule has 0 N–H and O–H groups in total. The van der Waals surface area contributed by atoms with E-state index >= 15 is 0 Å². The Labute approximate surface area is 121 Å². The van der Waals surface area contributed by atoms with Crippen LogP contribution in [-0.2, 0) is 4.84 Å². The van der Waals surface area contributed by atoms with Crippen LogP contribution in [0.15, 0.2) is 29.4 Å². The van der Waals surface area contributed by atoms with Gasteiger partial charge in [0.15, 0.2) is 6.61 Å². The largest absolute Gasteiger partial charge is 0.491 e. The summed E-state index contributed by atoms with van der Waals surface area (Å²) in [5, 5.41) is 3.80. The molecule has 0 spiro atoms. The third-order valence-corrected chi connectivity index (χ3v) is 2.71. The third-order valence-electron chi connectivity index (χ3n) is 2.71. The van der Waals surface area contributed by atoms with E-state index in [-0.39, 0.29) is 12.2 Å². The van der Waals surface area contributed by atoms with E-state index in [1.807, 2.05) is 38.1 Å². The molecule has 0 saturated heterocycles. The van der Waals surface area contributed by atoms with E-state index in [0.29, 0.717) is 6.61 Å². The summed E-state index contributed by atoms with van der Waals surface area (Å²) in [7, 11) is 0. The lowest BCUT2D eigenvalue weighted by Gasteiger charge is -2.15. The van der Waals surface area contributed by atoms with Gasteiger partial charge in [-0.1, -0.05) is 19.0 Å². The minimum absolute atomic E-state index is 0.0506. The Hall–Kier alpha value is -1.71. The van der Waals surface area contributed by atoms with E-state index in [1.54, 1.807) is 6.21 Å². The van der Waals surface area contributed by atoms with E-state index in [0.717, 1.165) is 24.3 Å². The maximum Gasteiger partial charge on any atom is 0.153 e. The molecule has 0 fully saturated rings. The number of oxime groups is 1. The van der Waals surface area contributed by atoms with Gasteiger partial charge in [-0.3, -0.25) is 0 Å². The van der Waals surface area contributed by atoms with E-state index in [9.17, 15) is 0 Å². The van der Waals surface area contributed by atoms with Crippen molar-refractivity contribution in [2.24, 2.45) is 5.16 Å². The quantitative estimate of drug-likeness (QED) is 0.506. The highest BCUT2D eigenvalue weighted by Crippen LogP contribution is 2.20. The molecule has 2 atom stereocenters. The van der Waals surface area contributed by atoms with Gasteiger partial charge >= 0.3 is 0 Å². The minimum Gasteiger partial charge on any atom is -0.491 e. The fourth-order valence-corrected chi connectivity index (χ4v) is 1.45. The topological polar surface area (TPSA) is 40.0 Å². The molecule has 1 aromatic rings. The molecule has 0 radical (unpaired) electrons. The van der Waals surface area contributed by atoms with Crippen LogP contribution < -0.4 is 9.47 Å². The second kappa shape index (κ2) is 9.23. The molecular weight excluding hydrogens is 254 g/mol. The Morgan fingerprint density at radius 2 is 1.55 bits per heavy atom. The molecule has 4 heteroatoms. The number of nitrogens with zero attached hydrogens (tertiary/aromatic N) is 1. The highest BCUT2D eigenvalue weighted by Gasteiger charge is 2.06. The maximum atomic E-state index is 5.73. The molecule has 112 valence electrons. The molecular formula is C16H25NO3. The van der Waals surface area contributed by atoms with Gasteiger partial charge in [0, 0.05) is 6.21 Å². The molecule has 0 saturated carbocycles. The summed E-state index contributed by atoms with van der Waals surface area (Å²) >= 11 is 0. The monoisotopic (exact) mass is 279 g/mol. The van der Waals surface area contributed by atoms with Gasteiger partial charge in [-0.2, -0.15) is 0 Å². The summed E-state index contributed by atoms with van der Waals surface area (Å²) in [5.41, 5.74) is 0. The average molecular weight is 279 g/mol. The fraction of sp³-hybridized carbons (Fsp3) is 0.562. The Bertz CT molecular complexity index is 389. The first-order valence-corrected chi connectivity index (χ1v) is 7.22. The van der Waals surface area contributed by atoms with Crippen LogP contribution in [0.25, 0.3) is 0 Å². The van der Waals surface area contributed by atoms with Gasteiger partial charge in [-0.15, -0.1) is 0 Å². The average Bonchev–Trinajstić information content (AvgIpc) is 2.45. The van der Waals surface area contributed by atoms with Crippen LogP contribution in [0.2, 0.25) is 0 Å². The highest BCUT2D eigenvalue weighted by atomic mass is 16.6. The molecule has 0 aliphatic rings. The van der Waals surface area contributed by atoms with Crippen LogP contribution in [0.4, 0.5) is 0 Å². The molecule has 0 amide bonds. The van der Waals surface area contributed by atoms with Gasteiger partial charge in [-0.25, -0.2) is 0 Å². The molecule has 0 aliphatic carbocycles. The zero-order chi connectivity index (χ0) is 14.8. The lowest BCUT2D eigenvalue weighted by Crippen LogP contribution is -2.17. The van der Waals surface area contributed by atoms with Crippen molar-refractivity contribution in [2.45, 2.75) is 52.7 Å². The lowest BCUT2D eigenvalue weighted by molar-refractivity contribution is 0.0634. The first kappa shape index (κ1) is 16.3. The summed E-state index contributed by atoms with van der Waals surface area (Å²) in [5.74, 6) is 1.67. The van der Waals surface area contributed by atoms with Gasteiger partial charge in [0.2, 0.25) is 0 Å². The first-order valence-electron chi connectivity index (χ1n) is 7.22. The van der Waals surface area contributed by atoms with Crippen LogP contribution in [0.1, 0.15) is 40.5 Å². The molecule has 2 unspecified atom stereocenters. The predicted molar refractivity (Wildman–Crippen MR) is 81.6 cm³/mol. The third kappa shape index (κ3) is 6.45. The Morgan fingerprint density at radius 1 is 1.00 bits per heavy atom. The van der Waals surface area contributed by atoms with Crippen molar-refractivity contribution in [3.05, 3.63) is 24.3 Å². The minimum atomic E-state index is -0.0506. The molecule has 0 aromatic heterocycles. The Morgan fingerprint density at radius 3 is 2.05 bits per heavy atom. The van der Waals surface area contributed by atoms with Gasteiger partial charge in [0.05, 0.1) is 6.10 Å². The number of hydrogen-bond acceptors (Lipinski definition) is 4. The summed E-state index contributed by atoms with van der Waals surface area (Å²) in [6.07, 6.45) is 3.77. The molecule has 1 rings (SSSR count). The van der Waals surface area contributed by atoms with Crippen molar-refractivity contribution in [1.82, 2.24) is 0 Å². The molecule has 20 heavy (non-hydrogen) atoms. The van der Waals surface area contributed by atoms with Gasteiger partial charge in [0.25, 0.3) is 0 Å². The first-order chi connectivity index (χ1) is 9.65. The van der Waals surface area contributed by atoms with E-state index in [2.05, 4.69) is 19.0 Å². The number of hydrogen-bond donors (Lipinski definition) is 0. The van der Waals surface area contributed by atoms with Gasteiger partial charge in [-0.05, 0) is 51.0 Å². The number of ether oxygens (including phenoxy) is 2. The van der Waals surface area contributed by atoms with Crippen molar-refractivity contribution in [2.75, 3.05) is 6.61 Å². The Balaban J connectivity index is 2.38. The van der Waals surface area contributed by atoms with Crippen molar-refractivity contribution in [3.8, 4) is 11.5 Å². The Kier molecular flexibility index (Phi) is 7.55. The smallest absolute Gasteiger partial charge is 0.153 e. The van der Waals surface area contributed by atoms with Gasteiger partial charge < -0.3 is 14.3 Å². The standard InChI is InChI=1S/C16H25NO3/c1-5-11-17-18-12-14(4)20-16-9-7-15(8-10-16)19-13(3)6-2/h7-11,13-14H,5-6,12H2,1-4H3/b17-11+. The summed E-state index contributed by atoms with van der Waals surface area (Å²) in [6, 6.07) is 7.65. The molecule has 4 nitrogen and oxygen atoms in total. The summed E-state index contributed by atoms with van der Waals surface area (Å²) < 4.78 is 11.4. The summed E-state index contributed by atoms with van der Waals surface area (Å²) in [6.45, 7) is 8.55. The van der Waals surface area contributed by atoms with Crippen molar-refractivity contribution >= 4 is 6.21 Å². The van der Waals surface area contributed by atoms with Gasteiger partial charge in [0.1, 0.15) is 17.6 Å². The van der Waals surface area contributed by atoms with Crippen LogP contribution in [0.5, 0.6) is 11.5 Å². The van der Waals surface area contributed by atoms with E-state index < -0.39 is 0 Å². The number of rotatable bonds is 9. The van der Waals surface area contributed by atoms with Crippen LogP contribution in [-0.4, -0.2) is 25.0 Å². The van der Waals surface area contributed by atoms with Crippen LogP contribution in [0.3, 0.4) is 0 Å². The second-order valence-electron chi connectivity index (χ2n) is 4.73. The summed E-state index contributed by atoms with van der Waals surface area (Å²) in [4.78, 5) is 5.12. The fourth-order valence-electron chi connectivity index (χ4n) is 1.45. The number of benzene rings is 1. The second-order valence-corrected chi connectivity index (χ2v) is 4.73. The predicted octanol–water partition coefficient (Wildman–Crippen LogP) is 4.04. The maximum absolute atomic E-state index is 5.73. The zero-order valence-corrected chi connectivity index (χ0v) is 12.8.